The molecular weight excluding hydrogens is 270 g/mol. The summed E-state index contributed by atoms with van der Waals surface area (Å²) in [6, 6.07) is 8.06. The van der Waals surface area contributed by atoms with Crippen LogP contribution in [0.15, 0.2) is 24.3 Å². The van der Waals surface area contributed by atoms with E-state index in [0.29, 0.717) is 3.92 Å². The van der Waals surface area contributed by atoms with E-state index >= 15 is 0 Å². The minimum atomic E-state index is 0.616. The molecule has 0 nitrogen and oxygen atoms in total. The van der Waals surface area contributed by atoms with Crippen LogP contribution in [0.4, 0.5) is 0 Å². The van der Waals surface area contributed by atoms with Gasteiger partial charge in [0.15, 0.2) is 0 Å². The van der Waals surface area contributed by atoms with E-state index in [1.807, 2.05) is 12.1 Å². The molecule has 0 aliphatic heterocycles. The smallest absolute Gasteiger partial charge is 0.0406 e. The fourth-order valence-electron chi connectivity index (χ4n) is 0.907. The predicted molar refractivity (Wildman–Crippen MR) is 58.5 cm³/mol. The third kappa shape index (κ3) is 2.64. The lowest BCUT2D eigenvalue weighted by molar-refractivity contribution is 0.928. The van der Waals surface area contributed by atoms with Crippen molar-refractivity contribution in [1.29, 1.82) is 0 Å². The number of halogens is 2. The lowest BCUT2D eigenvalue weighted by Gasteiger charge is -2.05. The van der Waals surface area contributed by atoms with Crippen LogP contribution >= 0.6 is 34.2 Å². The second kappa shape index (κ2) is 4.31. The number of rotatable bonds is 2. The van der Waals surface area contributed by atoms with Crippen LogP contribution in [-0.4, -0.2) is 0 Å². The number of hydrogen-bond donors (Lipinski definition) is 0. The Kier molecular flexibility index (Phi) is 3.66. The summed E-state index contributed by atoms with van der Waals surface area (Å²) < 4.78 is 0.616. The van der Waals surface area contributed by atoms with E-state index in [-0.39, 0.29) is 0 Å². The van der Waals surface area contributed by atoms with E-state index < -0.39 is 0 Å². The van der Waals surface area contributed by atoms with Crippen LogP contribution in [0, 0.1) is 0 Å². The van der Waals surface area contributed by atoms with Gasteiger partial charge in [-0.2, -0.15) is 0 Å². The van der Waals surface area contributed by atoms with Gasteiger partial charge in [-0.3, -0.25) is 0 Å². The highest BCUT2D eigenvalue weighted by molar-refractivity contribution is 14.1. The molecule has 0 aromatic heterocycles. The van der Waals surface area contributed by atoms with E-state index in [4.69, 9.17) is 11.6 Å². The normalized spacial score (nSPS) is 13.0. The van der Waals surface area contributed by atoms with Crippen LogP contribution in [0.25, 0.3) is 0 Å². The quantitative estimate of drug-likeness (QED) is 0.562. The van der Waals surface area contributed by atoms with Gasteiger partial charge in [-0.1, -0.05) is 53.2 Å². The Hall–Kier alpha value is 0.240. The summed E-state index contributed by atoms with van der Waals surface area (Å²) in [6.07, 6.45) is 1.17. The lowest BCUT2D eigenvalue weighted by Crippen LogP contribution is -1.85. The third-order valence-corrected chi connectivity index (χ3v) is 3.44. The molecule has 0 saturated heterocycles. The van der Waals surface area contributed by atoms with Crippen molar-refractivity contribution < 1.29 is 0 Å². The summed E-state index contributed by atoms with van der Waals surface area (Å²) in [6.45, 7) is 2.19. The maximum atomic E-state index is 5.76. The zero-order valence-corrected chi connectivity index (χ0v) is 9.26. The van der Waals surface area contributed by atoms with Gasteiger partial charge < -0.3 is 0 Å². The summed E-state index contributed by atoms with van der Waals surface area (Å²) in [7, 11) is 0. The first kappa shape index (κ1) is 9.33. The molecule has 1 aromatic rings. The summed E-state index contributed by atoms with van der Waals surface area (Å²) >= 11 is 8.20. The minimum absolute atomic E-state index is 0.616. The second-order valence-corrected chi connectivity index (χ2v) is 4.37. The van der Waals surface area contributed by atoms with Crippen molar-refractivity contribution in [3.63, 3.8) is 0 Å². The number of hydrogen-bond acceptors (Lipinski definition) is 0. The molecule has 11 heavy (non-hydrogen) atoms. The van der Waals surface area contributed by atoms with E-state index in [1.54, 1.807) is 0 Å². The van der Waals surface area contributed by atoms with Crippen molar-refractivity contribution in [3.8, 4) is 0 Å². The van der Waals surface area contributed by atoms with E-state index in [9.17, 15) is 0 Å². The van der Waals surface area contributed by atoms with Crippen LogP contribution in [0.1, 0.15) is 22.8 Å². The molecule has 0 saturated carbocycles. The van der Waals surface area contributed by atoms with Crippen molar-refractivity contribution in [2.45, 2.75) is 17.3 Å². The Morgan fingerprint density at radius 3 is 2.36 bits per heavy atom. The molecule has 60 valence electrons. The summed E-state index contributed by atoms with van der Waals surface area (Å²) in [4.78, 5) is 0. The lowest BCUT2D eigenvalue weighted by atomic mass is 10.1. The monoisotopic (exact) mass is 280 g/mol. The van der Waals surface area contributed by atoms with Gasteiger partial charge in [0.2, 0.25) is 0 Å². The van der Waals surface area contributed by atoms with Crippen molar-refractivity contribution in [3.05, 3.63) is 34.9 Å². The van der Waals surface area contributed by atoms with Gasteiger partial charge in [-0.15, -0.1) is 0 Å². The molecule has 0 fully saturated rings. The Bertz CT molecular complexity index is 218. The largest absolute Gasteiger partial charge is 0.0843 e. The standard InChI is InChI=1S/C9H10ClI/c1-2-9(11)7-3-5-8(10)6-4-7/h3-6,9H,2H2,1H3. The Morgan fingerprint density at radius 2 is 1.91 bits per heavy atom. The summed E-state index contributed by atoms with van der Waals surface area (Å²) in [5, 5.41) is 0.813. The van der Waals surface area contributed by atoms with Gasteiger partial charge in [0.05, 0.1) is 0 Å². The Labute approximate surface area is 86.1 Å². The van der Waals surface area contributed by atoms with Crippen LogP contribution in [0.5, 0.6) is 0 Å². The van der Waals surface area contributed by atoms with Crippen LogP contribution in [0.2, 0.25) is 5.02 Å². The maximum absolute atomic E-state index is 5.76. The zero-order valence-electron chi connectivity index (χ0n) is 6.35. The average molecular weight is 281 g/mol. The summed E-state index contributed by atoms with van der Waals surface area (Å²) in [5.41, 5.74) is 1.36. The third-order valence-electron chi connectivity index (χ3n) is 1.59. The van der Waals surface area contributed by atoms with E-state index in [0.717, 1.165) is 5.02 Å². The molecule has 0 bridgehead atoms. The molecule has 0 spiro atoms. The molecule has 0 radical (unpaired) electrons. The van der Waals surface area contributed by atoms with E-state index in [1.165, 1.54) is 12.0 Å². The highest BCUT2D eigenvalue weighted by Gasteiger charge is 2.02. The van der Waals surface area contributed by atoms with Gasteiger partial charge in [-0.05, 0) is 24.1 Å². The van der Waals surface area contributed by atoms with Crippen molar-refractivity contribution in [2.75, 3.05) is 0 Å². The van der Waals surface area contributed by atoms with Gasteiger partial charge in [0, 0.05) is 8.95 Å². The molecule has 1 atom stereocenters. The minimum Gasteiger partial charge on any atom is -0.0843 e. The highest BCUT2D eigenvalue weighted by atomic mass is 127. The molecule has 0 aliphatic rings. The molecule has 0 heterocycles. The molecule has 2 heteroatoms. The zero-order chi connectivity index (χ0) is 8.27. The van der Waals surface area contributed by atoms with Gasteiger partial charge in [-0.25, -0.2) is 0 Å². The fraction of sp³-hybridized carbons (Fsp3) is 0.333. The van der Waals surface area contributed by atoms with E-state index in [2.05, 4.69) is 41.6 Å². The Morgan fingerprint density at radius 1 is 1.36 bits per heavy atom. The molecule has 1 unspecified atom stereocenters. The first-order valence-corrected chi connectivity index (χ1v) is 5.26. The molecule has 1 aromatic carbocycles. The van der Waals surface area contributed by atoms with Crippen molar-refractivity contribution in [1.82, 2.24) is 0 Å². The summed E-state index contributed by atoms with van der Waals surface area (Å²) in [5.74, 6) is 0. The van der Waals surface area contributed by atoms with Crippen LogP contribution in [0.3, 0.4) is 0 Å². The molecular formula is C9H10ClI. The first-order chi connectivity index (χ1) is 5.24. The van der Waals surface area contributed by atoms with Gasteiger partial charge in [0.1, 0.15) is 0 Å². The predicted octanol–water partition coefficient (Wildman–Crippen LogP) is 4.23. The molecule has 0 aliphatic carbocycles. The van der Waals surface area contributed by atoms with Gasteiger partial charge in [0.25, 0.3) is 0 Å². The number of benzene rings is 1. The number of alkyl halides is 1. The van der Waals surface area contributed by atoms with Crippen LogP contribution in [-0.2, 0) is 0 Å². The molecule has 1 rings (SSSR count). The highest BCUT2D eigenvalue weighted by Crippen LogP contribution is 2.27. The second-order valence-electron chi connectivity index (χ2n) is 2.43. The fourth-order valence-corrected chi connectivity index (χ4v) is 1.45. The van der Waals surface area contributed by atoms with Crippen molar-refractivity contribution >= 4 is 34.2 Å². The topological polar surface area (TPSA) is 0 Å². The van der Waals surface area contributed by atoms with Gasteiger partial charge >= 0.3 is 0 Å². The van der Waals surface area contributed by atoms with Crippen molar-refractivity contribution in [2.24, 2.45) is 0 Å². The first-order valence-electron chi connectivity index (χ1n) is 3.63. The maximum Gasteiger partial charge on any atom is 0.0406 e. The molecule has 0 amide bonds. The Balaban J connectivity index is 2.81. The van der Waals surface area contributed by atoms with Crippen LogP contribution < -0.4 is 0 Å². The molecule has 0 N–H and O–H groups in total. The average Bonchev–Trinajstić information content (AvgIpc) is 2.05. The SMILES string of the molecule is CCC(I)c1ccc(Cl)cc1.